The highest BCUT2D eigenvalue weighted by Gasteiger charge is 2.37. The maximum atomic E-state index is 11.2. The lowest BCUT2D eigenvalue weighted by atomic mass is 9.98. The van der Waals surface area contributed by atoms with Gasteiger partial charge < -0.3 is 29.2 Å². The van der Waals surface area contributed by atoms with E-state index in [9.17, 15) is 15.0 Å². The molecule has 7 heteroatoms. The van der Waals surface area contributed by atoms with Gasteiger partial charge >= 0.3 is 5.97 Å². The van der Waals surface area contributed by atoms with E-state index < -0.39 is 18.5 Å². The number of phenols is 1. The van der Waals surface area contributed by atoms with Crippen molar-refractivity contribution in [1.82, 2.24) is 0 Å². The number of phenolic OH excluding ortho intramolecular Hbond substituents is 1. The summed E-state index contributed by atoms with van der Waals surface area (Å²) in [5.41, 5.74) is 0.721. The molecule has 0 radical (unpaired) electrons. The Balaban J connectivity index is 1.98. The van der Waals surface area contributed by atoms with Crippen molar-refractivity contribution in [2.45, 2.75) is 89.3 Å². The fourth-order valence-corrected chi connectivity index (χ4v) is 3.90. The van der Waals surface area contributed by atoms with Gasteiger partial charge in [0.25, 0.3) is 0 Å². The van der Waals surface area contributed by atoms with Gasteiger partial charge in [0.15, 0.2) is 17.8 Å². The predicted octanol–water partition coefficient (Wildman–Crippen LogP) is 5.36. The topological polar surface area (TPSA) is 94.5 Å². The quantitative estimate of drug-likeness (QED) is 0.212. The molecular weight excluding hydrogens is 436 g/mol. The molecule has 1 heterocycles. The van der Waals surface area contributed by atoms with Crippen LogP contribution in [0.1, 0.15) is 76.6 Å². The van der Waals surface area contributed by atoms with Crippen LogP contribution in [0.4, 0.5) is 0 Å². The number of methoxy groups -OCH3 is 2. The number of esters is 1. The monoisotopic (exact) mass is 476 g/mol. The molecule has 0 spiro atoms. The van der Waals surface area contributed by atoms with Gasteiger partial charge in [-0.1, -0.05) is 63.0 Å². The maximum absolute atomic E-state index is 11.2. The molecule has 2 rings (SSSR count). The fourth-order valence-electron chi connectivity index (χ4n) is 3.90. The van der Waals surface area contributed by atoms with Crippen molar-refractivity contribution in [2.24, 2.45) is 0 Å². The number of allylic oxidation sites excluding steroid dienone is 3. The summed E-state index contributed by atoms with van der Waals surface area (Å²) >= 11 is 0. The van der Waals surface area contributed by atoms with Gasteiger partial charge in [-0.15, -0.1) is 0 Å². The van der Waals surface area contributed by atoms with E-state index in [-0.39, 0.29) is 17.8 Å². The van der Waals surface area contributed by atoms with Crippen molar-refractivity contribution in [3.8, 4) is 11.5 Å². The van der Waals surface area contributed by atoms with Gasteiger partial charge in [0, 0.05) is 12.0 Å². The minimum atomic E-state index is -0.777. The van der Waals surface area contributed by atoms with E-state index in [4.69, 9.17) is 14.2 Å². The van der Waals surface area contributed by atoms with Crippen LogP contribution in [-0.2, 0) is 19.0 Å². The van der Waals surface area contributed by atoms with Gasteiger partial charge in [-0.05, 0) is 37.8 Å². The van der Waals surface area contributed by atoms with Gasteiger partial charge in [0.05, 0.1) is 20.3 Å². The summed E-state index contributed by atoms with van der Waals surface area (Å²) in [6.45, 7) is 2.09. The molecule has 0 bridgehead atoms. The summed E-state index contributed by atoms with van der Waals surface area (Å²) in [4.78, 5) is 11.2. The third-order valence-electron chi connectivity index (χ3n) is 5.87. The van der Waals surface area contributed by atoms with E-state index in [1.807, 2.05) is 12.2 Å². The van der Waals surface area contributed by atoms with E-state index in [1.165, 1.54) is 14.2 Å². The number of ether oxygens (including phenoxy) is 4. The number of benzene rings is 1. The van der Waals surface area contributed by atoms with Gasteiger partial charge in [-0.2, -0.15) is 0 Å². The molecule has 1 aliphatic rings. The van der Waals surface area contributed by atoms with E-state index in [0.29, 0.717) is 18.6 Å². The number of hydrogen-bond acceptors (Lipinski definition) is 7. The molecule has 1 aromatic rings. The molecule has 4 atom stereocenters. The lowest BCUT2D eigenvalue weighted by Gasteiger charge is -2.39. The van der Waals surface area contributed by atoms with Gasteiger partial charge in [-0.3, -0.25) is 4.79 Å². The molecule has 0 aromatic heterocycles. The standard InChI is InChI=1S/C27H40O7/c1-4-5-6-8-11-14-22-26(30)23(15-12-9-7-10-13-16-25(29)32-3)34-27(33-22)20-17-18-21(28)24(19-20)31-2/h5-6,11,14,17-19,22-23,26-28,30H,4,7-10,12-13,15-16H2,1-3H3/b6-5+,14-11-/t22-,23+,26-,27-/m1/s1. The number of unbranched alkanes of at least 4 members (excludes halogenated alkanes) is 4. The summed E-state index contributed by atoms with van der Waals surface area (Å²) < 4.78 is 22.1. The SMILES string of the molecule is CC/C=C/C/C=C\[C@H]1O[C@@H](c2ccc(O)c(OC)c2)O[C@@H](CCCCCCCC(=O)OC)[C@@H]1O. The highest BCUT2D eigenvalue weighted by atomic mass is 16.7. The average molecular weight is 477 g/mol. The van der Waals surface area contributed by atoms with Crippen LogP contribution in [0.2, 0.25) is 0 Å². The number of aromatic hydroxyl groups is 1. The third-order valence-corrected chi connectivity index (χ3v) is 5.87. The Morgan fingerprint density at radius 3 is 2.56 bits per heavy atom. The summed E-state index contributed by atoms with van der Waals surface area (Å²) in [6.07, 6.45) is 13.4. The predicted molar refractivity (Wildman–Crippen MR) is 131 cm³/mol. The van der Waals surface area contributed by atoms with Crippen LogP contribution in [0.5, 0.6) is 11.5 Å². The molecule has 190 valence electrons. The highest BCUT2D eigenvalue weighted by Crippen LogP contribution is 2.36. The minimum absolute atomic E-state index is 0.0463. The Morgan fingerprint density at radius 2 is 1.82 bits per heavy atom. The van der Waals surface area contributed by atoms with Crippen molar-refractivity contribution < 1.29 is 34.0 Å². The van der Waals surface area contributed by atoms with Crippen LogP contribution in [0.3, 0.4) is 0 Å². The molecule has 0 aliphatic carbocycles. The summed E-state index contributed by atoms with van der Waals surface area (Å²) in [6, 6.07) is 4.99. The number of rotatable bonds is 14. The largest absolute Gasteiger partial charge is 0.504 e. The van der Waals surface area contributed by atoms with E-state index in [2.05, 4.69) is 23.8 Å². The van der Waals surface area contributed by atoms with Gasteiger partial charge in [0.2, 0.25) is 0 Å². The van der Waals surface area contributed by atoms with E-state index in [0.717, 1.165) is 50.5 Å². The van der Waals surface area contributed by atoms with Crippen LogP contribution >= 0.6 is 0 Å². The van der Waals surface area contributed by atoms with E-state index >= 15 is 0 Å². The number of aliphatic hydroxyl groups excluding tert-OH is 1. The Bertz CT molecular complexity index is 789. The highest BCUT2D eigenvalue weighted by molar-refractivity contribution is 5.68. The molecule has 7 nitrogen and oxygen atoms in total. The van der Waals surface area contributed by atoms with Crippen LogP contribution in [0.25, 0.3) is 0 Å². The first kappa shape index (κ1) is 27.9. The molecule has 0 unspecified atom stereocenters. The summed E-state index contributed by atoms with van der Waals surface area (Å²) in [7, 11) is 2.90. The van der Waals surface area contributed by atoms with Crippen LogP contribution in [-0.4, -0.2) is 48.7 Å². The first-order chi connectivity index (χ1) is 16.5. The van der Waals surface area contributed by atoms with Crippen molar-refractivity contribution >= 4 is 5.97 Å². The van der Waals surface area contributed by atoms with Crippen LogP contribution < -0.4 is 4.74 Å². The second kappa shape index (κ2) is 15.5. The Labute approximate surface area is 203 Å². The average Bonchev–Trinajstić information content (AvgIpc) is 2.85. The molecule has 1 aliphatic heterocycles. The molecule has 1 aromatic carbocycles. The Hall–Kier alpha value is -2.35. The number of hydrogen-bond donors (Lipinski definition) is 2. The first-order valence-electron chi connectivity index (χ1n) is 12.2. The minimum Gasteiger partial charge on any atom is -0.504 e. The second-order valence-corrected chi connectivity index (χ2v) is 8.46. The van der Waals surface area contributed by atoms with Gasteiger partial charge in [-0.25, -0.2) is 0 Å². The van der Waals surface area contributed by atoms with Crippen molar-refractivity contribution in [3.05, 3.63) is 48.1 Å². The number of carbonyl (C=O) groups is 1. The zero-order valence-electron chi connectivity index (χ0n) is 20.7. The molecule has 0 saturated carbocycles. The molecular formula is C27H40O7. The summed E-state index contributed by atoms with van der Waals surface area (Å²) in [5, 5.41) is 20.9. The van der Waals surface area contributed by atoms with Crippen LogP contribution in [0, 0.1) is 0 Å². The van der Waals surface area contributed by atoms with Crippen molar-refractivity contribution in [3.63, 3.8) is 0 Å². The first-order valence-corrected chi connectivity index (χ1v) is 12.2. The van der Waals surface area contributed by atoms with Crippen molar-refractivity contribution in [2.75, 3.05) is 14.2 Å². The van der Waals surface area contributed by atoms with E-state index in [1.54, 1.807) is 18.2 Å². The second-order valence-electron chi connectivity index (χ2n) is 8.46. The fraction of sp³-hybridized carbons (Fsp3) is 0.593. The number of carbonyl (C=O) groups excluding carboxylic acids is 1. The maximum Gasteiger partial charge on any atom is 0.305 e. The molecule has 1 saturated heterocycles. The molecule has 34 heavy (non-hydrogen) atoms. The lowest BCUT2D eigenvalue weighted by Crippen LogP contribution is -2.46. The smallest absolute Gasteiger partial charge is 0.305 e. The zero-order chi connectivity index (χ0) is 24.8. The number of aliphatic hydroxyl groups is 1. The third kappa shape index (κ3) is 9.12. The Morgan fingerprint density at radius 1 is 1.06 bits per heavy atom. The van der Waals surface area contributed by atoms with Gasteiger partial charge in [0.1, 0.15) is 12.2 Å². The zero-order valence-corrected chi connectivity index (χ0v) is 20.7. The molecule has 1 fully saturated rings. The Kier molecular flexibility index (Phi) is 12.7. The lowest BCUT2D eigenvalue weighted by molar-refractivity contribution is -0.278. The molecule has 0 amide bonds. The summed E-state index contributed by atoms with van der Waals surface area (Å²) in [5.74, 6) is 0.223. The van der Waals surface area contributed by atoms with Crippen LogP contribution in [0.15, 0.2) is 42.5 Å². The molecule has 2 N–H and O–H groups in total. The van der Waals surface area contributed by atoms with Crippen molar-refractivity contribution in [1.29, 1.82) is 0 Å². The normalized spacial score (nSPS) is 22.9.